The molecule has 0 amide bonds. The van der Waals surface area contributed by atoms with E-state index in [2.05, 4.69) is 6.07 Å². The van der Waals surface area contributed by atoms with E-state index >= 15 is 0 Å². The molecular formula is C23H16ClN3O6. The fourth-order valence-electron chi connectivity index (χ4n) is 2.94. The average Bonchev–Trinajstić information content (AvgIpc) is 2.81. The first-order chi connectivity index (χ1) is 15.8. The Labute approximate surface area is 193 Å². The Balaban J connectivity index is 1.84. The average molecular weight is 466 g/mol. The van der Waals surface area contributed by atoms with Crippen molar-refractivity contribution in [2.45, 2.75) is 6.61 Å². The van der Waals surface area contributed by atoms with Gasteiger partial charge in [0.05, 0.1) is 33.6 Å². The van der Waals surface area contributed by atoms with E-state index < -0.39 is 9.85 Å². The van der Waals surface area contributed by atoms with E-state index in [1.54, 1.807) is 30.3 Å². The number of hydrogen-bond donors (Lipinski definition) is 0. The van der Waals surface area contributed by atoms with Gasteiger partial charge in [0.2, 0.25) is 0 Å². The molecule has 33 heavy (non-hydrogen) atoms. The van der Waals surface area contributed by atoms with Crippen molar-refractivity contribution in [1.29, 1.82) is 5.26 Å². The fourth-order valence-corrected chi connectivity index (χ4v) is 3.22. The second kappa shape index (κ2) is 10.3. The number of ether oxygens (including phenoxy) is 2. The summed E-state index contributed by atoms with van der Waals surface area (Å²) in [7, 11) is 1.44. The van der Waals surface area contributed by atoms with E-state index in [0.717, 1.165) is 0 Å². The largest absolute Gasteiger partial charge is 0.493 e. The number of hydrogen-bond acceptors (Lipinski definition) is 7. The van der Waals surface area contributed by atoms with Crippen LogP contribution < -0.4 is 9.47 Å². The molecule has 0 aromatic heterocycles. The summed E-state index contributed by atoms with van der Waals surface area (Å²) in [5.74, 6) is 0.611. The number of benzene rings is 3. The van der Waals surface area contributed by atoms with E-state index in [1.165, 1.54) is 43.5 Å². The highest BCUT2D eigenvalue weighted by Crippen LogP contribution is 2.38. The van der Waals surface area contributed by atoms with Crippen molar-refractivity contribution in [3.8, 4) is 17.6 Å². The maximum atomic E-state index is 10.8. The number of rotatable bonds is 8. The molecule has 166 valence electrons. The van der Waals surface area contributed by atoms with Crippen molar-refractivity contribution in [3.05, 3.63) is 103 Å². The van der Waals surface area contributed by atoms with Gasteiger partial charge in [0.15, 0.2) is 11.5 Å². The second-order valence-electron chi connectivity index (χ2n) is 6.72. The van der Waals surface area contributed by atoms with E-state index in [9.17, 15) is 25.5 Å². The topological polar surface area (TPSA) is 129 Å². The molecule has 10 heteroatoms. The summed E-state index contributed by atoms with van der Waals surface area (Å²) in [6.45, 7) is 0.107. The van der Waals surface area contributed by atoms with Crippen LogP contribution in [0.25, 0.3) is 11.6 Å². The molecule has 9 nitrogen and oxygen atoms in total. The van der Waals surface area contributed by atoms with E-state index in [4.69, 9.17) is 21.1 Å². The predicted octanol–water partition coefficient (Wildman–Crippen LogP) is 5.81. The highest BCUT2D eigenvalue weighted by molar-refractivity contribution is 6.32. The quantitative estimate of drug-likeness (QED) is 0.177. The Kier molecular flexibility index (Phi) is 7.23. The normalized spacial score (nSPS) is 10.9. The molecular weight excluding hydrogens is 450 g/mol. The SMILES string of the molecule is COc1cc(/C=C(/C#N)c2ccc([N+](=O)[O-])cc2)cc(Cl)c1OCc1ccc([N+](=O)[O-])cc1. The smallest absolute Gasteiger partial charge is 0.269 e. The Morgan fingerprint density at radius 3 is 2.12 bits per heavy atom. The second-order valence-corrected chi connectivity index (χ2v) is 7.13. The van der Waals surface area contributed by atoms with E-state index in [1.807, 2.05) is 0 Å². The monoisotopic (exact) mass is 465 g/mol. The number of allylic oxidation sites excluding steroid dienone is 1. The van der Waals surface area contributed by atoms with Gasteiger partial charge in [-0.3, -0.25) is 20.2 Å². The minimum absolute atomic E-state index is 0.0215. The third-order valence-electron chi connectivity index (χ3n) is 4.60. The van der Waals surface area contributed by atoms with Crippen LogP contribution in [-0.2, 0) is 6.61 Å². The molecule has 3 aromatic carbocycles. The molecule has 0 spiro atoms. The van der Waals surface area contributed by atoms with Crippen molar-refractivity contribution < 1.29 is 19.3 Å². The van der Waals surface area contributed by atoms with Gasteiger partial charge in [0, 0.05) is 24.3 Å². The fraction of sp³-hybridized carbons (Fsp3) is 0.0870. The molecule has 0 aliphatic heterocycles. The first-order valence-electron chi connectivity index (χ1n) is 9.42. The van der Waals surface area contributed by atoms with Gasteiger partial charge in [-0.1, -0.05) is 11.6 Å². The lowest BCUT2D eigenvalue weighted by Gasteiger charge is -2.13. The van der Waals surface area contributed by atoms with Crippen molar-refractivity contribution in [3.63, 3.8) is 0 Å². The van der Waals surface area contributed by atoms with Gasteiger partial charge in [-0.25, -0.2) is 0 Å². The lowest BCUT2D eigenvalue weighted by molar-refractivity contribution is -0.385. The minimum atomic E-state index is -0.514. The van der Waals surface area contributed by atoms with Crippen LogP contribution in [0, 0.1) is 31.6 Å². The Bertz CT molecular complexity index is 1270. The highest BCUT2D eigenvalue weighted by Gasteiger charge is 2.14. The third-order valence-corrected chi connectivity index (χ3v) is 4.88. The van der Waals surface area contributed by atoms with Gasteiger partial charge in [-0.2, -0.15) is 5.26 Å². The lowest BCUT2D eigenvalue weighted by Crippen LogP contribution is -1.99. The molecule has 3 rings (SSSR count). The predicted molar refractivity (Wildman–Crippen MR) is 122 cm³/mol. The van der Waals surface area contributed by atoms with Gasteiger partial charge in [0.25, 0.3) is 11.4 Å². The molecule has 0 saturated heterocycles. The minimum Gasteiger partial charge on any atom is -0.493 e. The molecule has 0 fully saturated rings. The molecule has 0 atom stereocenters. The van der Waals surface area contributed by atoms with Crippen molar-refractivity contribution in [2.75, 3.05) is 7.11 Å². The summed E-state index contributed by atoms with van der Waals surface area (Å²) >= 11 is 6.39. The van der Waals surface area contributed by atoms with Gasteiger partial charge in [0.1, 0.15) is 6.61 Å². The zero-order chi connectivity index (χ0) is 24.0. The van der Waals surface area contributed by atoms with Gasteiger partial charge < -0.3 is 9.47 Å². The molecule has 0 radical (unpaired) electrons. The molecule has 0 aliphatic carbocycles. The molecule has 0 saturated carbocycles. The van der Waals surface area contributed by atoms with Gasteiger partial charge in [-0.15, -0.1) is 0 Å². The number of nitrogens with zero attached hydrogens (tertiary/aromatic N) is 3. The van der Waals surface area contributed by atoms with Crippen LogP contribution >= 0.6 is 11.6 Å². The summed E-state index contributed by atoms with van der Waals surface area (Å²) in [4.78, 5) is 20.6. The molecule has 0 N–H and O–H groups in total. The van der Waals surface area contributed by atoms with E-state index in [-0.39, 0.29) is 34.3 Å². The molecule has 0 bridgehead atoms. The summed E-state index contributed by atoms with van der Waals surface area (Å²) in [6.07, 6.45) is 1.58. The Morgan fingerprint density at radius 1 is 1.03 bits per heavy atom. The first-order valence-corrected chi connectivity index (χ1v) is 9.80. The zero-order valence-corrected chi connectivity index (χ0v) is 18.0. The number of nitro groups is 2. The first kappa shape index (κ1) is 23.2. The molecule has 3 aromatic rings. The van der Waals surface area contributed by atoms with Crippen LogP contribution in [0.4, 0.5) is 11.4 Å². The highest BCUT2D eigenvalue weighted by atomic mass is 35.5. The number of nitro benzene ring substituents is 2. The van der Waals surface area contributed by atoms with Crippen LogP contribution in [0.2, 0.25) is 5.02 Å². The van der Waals surface area contributed by atoms with Crippen molar-refractivity contribution in [2.24, 2.45) is 0 Å². The van der Waals surface area contributed by atoms with Crippen LogP contribution in [0.5, 0.6) is 11.5 Å². The Hall–Kier alpha value is -4.42. The molecule has 0 aliphatic rings. The van der Waals surface area contributed by atoms with E-state index in [0.29, 0.717) is 22.4 Å². The maximum absolute atomic E-state index is 10.8. The Morgan fingerprint density at radius 2 is 1.61 bits per heavy atom. The van der Waals surface area contributed by atoms with Crippen LogP contribution in [0.1, 0.15) is 16.7 Å². The number of non-ortho nitro benzene ring substituents is 2. The lowest BCUT2D eigenvalue weighted by atomic mass is 10.0. The van der Waals surface area contributed by atoms with Crippen molar-refractivity contribution >= 4 is 34.6 Å². The standard InChI is InChI=1S/C23H16ClN3O6/c1-32-22-12-16(10-18(13-25)17-4-8-20(9-5-17)27(30)31)11-21(24)23(22)33-14-15-2-6-19(7-3-15)26(28)29/h2-12H,14H2,1H3/b18-10-. The van der Waals surface area contributed by atoms with Crippen LogP contribution in [0.15, 0.2) is 60.7 Å². The van der Waals surface area contributed by atoms with Gasteiger partial charge in [-0.05, 0) is 59.2 Å². The summed E-state index contributed by atoms with van der Waals surface area (Å²) in [5.41, 5.74) is 1.96. The van der Waals surface area contributed by atoms with Crippen LogP contribution in [0.3, 0.4) is 0 Å². The number of nitriles is 1. The van der Waals surface area contributed by atoms with Gasteiger partial charge >= 0.3 is 0 Å². The van der Waals surface area contributed by atoms with Crippen LogP contribution in [-0.4, -0.2) is 17.0 Å². The molecule has 0 unspecified atom stereocenters. The molecule has 0 heterocycles. The third kappa shape index (κ3) is 5.64. The zero-order valence-electron chi connectivity index (χ0n) is 17.2. The number of methoxy groups -OCH3 is 1. The summed E-state index contributed by atoms with van der Waals surface area (Å²) < 4.78 is 11.2. The maximum Gasteiger partial charge on any atom is 0.269 e. The van der Waals surface area contributed by atoms with Crippen molar-refractivity contribution in [1.82, 2.24) is 0 Å². The summed E-state index contributed by atoms with van der Waals surface area (Å²) in [5, 5.41) is 31.4. The summed E-state index contributed by atoms with van der Waals surface area (Å²) in [6, 6.07) is 16.9. The number of halogens is 1.